The van der Waals surface area contributed by atoms with Crippen LogP contribution in [0.15, 0.2) is 0 Å². The first kappa shape index (κ1) is 9.28. The maximum atomic E-state index is 11.3. The summed E-state index contributed by atoms with van der Waals surface area (Å²) in [5, 5.41) is 9.78. The number of aliphatic hydroxyl groups is 1. The van der Waals surface area contributed by atoms with Gasteiger partial charge in [-0.05, 0) is 19.3 Å². The lowest BCUT2D eigenvalue weighted by Crippen LogP contribution is -2.48. The highest BCUT2D eigenvalue weighted by molar-refractivity contribution is 6.22. The molecule has 74 valence electrons. The molecule has 3 nitrogen and oxygen atoms in total. The minimum absolute atomic E-state index is 0.0591. The van der Waals surface area contributed by atoms with Gasteiger partial charge in [0.05, 0.1) is 11.0 Å². The molecule has 1 saturated carbocycles. The van der Waals surface area contributed by atoms with E-state index < -0.39 is 5.60 Å². The highest BCUT2D eigenvalue weighted by Gasteiger charge is 2.39. The molecule has 2 rings (SSSR count). The highest BCUT2D eigenvalue weighted by Crippen LogP contribution is 2.33. The summed E-state index contributed by atoms with van der Waals surface area (Å²) in [5.41, 5.74) is -0.601. The molecule has 1 atom stereocenters. The van der Waals surface area contributed by atoms with E-state index in [0.29, 0.717) is 19.5 Å². The fourth-order valence-electron chi connectivity index (χ4n) is 1.98. The van der Waals surface area contributed by atoms with E-state index in [2.05, 4.69) is 0 Å². The van der Waals surface area contributed by atoms with Crippen molar-refractivity contribution in [2.75, 3.05) is 13.1 Å². The predicted molar refractivity (Wildman–Crippen MR) is 49.6 cm³/mol. The number of carbonyl (C=O) groups excluding carboxylic acids is 1. The van der Waals surface area contributed by atoms with Crippen LogP contribution in [0.5, 0.6) is 0 Å². The molecular weight excluding hydrogens is 190 g/mol. The molecule has 0 radical (unpaired) electrons. The van der Waals surface area contributed by atoms with E-state index in [1.165, 1.54) is 0 Å². The summed E-state index contributed by atoms with van der Waals surface area (Å²) in [7, 11) is 0. The first-order valence-corrected chi connectivity index (χ1v) is 5.17. The number of halogens is 1. The number of carbonyl (C=O) groups is 1. The van der Waals surface area contributed by atoms with Crippen LogP contribution in [0.2, 0.25) is 0 Å². The van der Waals surface area contributed by atoms with Gasteiger partial charge >= 0.3 is 0 Å². The molecule has 0 aromatic heterocycles. The summed E-state index contributed by atoms with van der Waals surface area (Å²) < 4.78 is 0. The Morgan fingerprint density at radius 2 is 2.31 bits per heavy atom. The third-order valence-corrected chi connectivity index (χ3v) is 3.23. The second-order valence-corrected chi connectivity index (χ2v) is 4.77. The van der Waals surface area contributed by atoms with Gasteiger partial charge in [-0.25, -0.2) is 0 Å². The van der Waals surface area contributed by atoms with Crippen molar-refractivity contribution in [3.8, 4) is 0 Å². The first-order valence-electron chi connectivity index (χ1n) is 4.73. The van der Waals surface area contributed by atoms with Crippen molar-refractivity contribution >= 4 is 17.5 Å². The Hall–Kier alpha value is -0.280. The molecule has 4 heteroatoms. The number of amides is 1. The average molecular weight is 204 g/mol. The Kier molecular flexibility index (Phi) is 2.24. The number of hydrogen-bond acceptors (Lipinski definition) is 2. The summed E-state index contributed by atoms with van der Waals surface area (Å²) in [6, 6.07) is 0. The van der Waals surface area contributed by atoms with Crippen LogP contribution in [-0.2, 0) is 4.79 Å². The lowest BCUT2D eigenvalue weighted by atomic mass is 9.80. The Labute approximate surface area is 82.7 Å². The molecule has 1 N–H and O–H groups in total. The average Bonchev–Trinajstić information content (AvgIpc) is 2.27. The van der Waals surface area contributed by atoms with Crippen LogP contribution in [-0.4, -0.2) is 40.0 Å². The van der Waals surface area contributed by atoms with Gasteiger partial charge in [-0.2, -0.15) is 0 Å². The molecule has 1 heterocycles. The van der Waals surface area contributed by atoms with Crippen LogP contribution in [0, 0.1) is 0 Å². The second kappa shape index (κ2) is 3.14. The summed E-state index contributed by atoms with van der Waals surface area (Å²) in [6.07, 6.45) is 3.15. The molecule has 13 heavy (non-hydrogen) atoms. The number of β-amino-alcohol motifs (C(OH)–C–C–N with tert-alkyl or cyclic N) is 1. The summed E-state index contributed by atoms with van der Waals surface area (Å²) in [5.74, 6) is 0.0836. The molecular formula is C9H14ClNO2. The molecule has 1 amide bonds. The van der Waals surface area contributed by atoms with Gasteiger partial charge in [0.15, 0.2) is 0 Å². The van der Waals surface area contributed by atoms with Gasteiger partial charge in [-0.15, -0.1) is 11.6 Å². The predicted octanol–water partition coefficient (Wildman–Crippen LogP) is 0.741. The SMILES string of the molecule is O=C1CC(Cl)CN1CC1(O)CCC1. The Bertz CT molecular complexity index is 228. The quantitative estimate of drug-likeness (QED) is 0.673. The van der Waals surface area contributed by atoms with Gasteiger partial charge in [0.25, 0.3) is 0 Å². The second-order valence-electron chi connectivity index (χ2n) is 4.15. The van der Waals surface area contributed by atoms with E-state index in [1.54, 1.807) is 4.90 Å². The fourth-order valence-corrected chi connectivity index (χ4v) is 2.27. The smallest absolute Gasteiger partial charge is 0.224 e. The third-order valence-electron chi connectivity index (χ3n) is 2.94. The molecule has 0 aromatic carbocycles. The molecule has 2 fully saturated rings. The Balaban J connectivity index is 1.91. The van der Waals surface area contributed by atoms with Gasteiger partial charge in [0.2, 0.25) is 5.91 Å². The maximum Gasteiger partial charge on any atom is 0.224 e. The summed E-state index contributed by atoms with van der Waals surface area (Å²) >= 11 is 5.85. The zero-order chi connectivity index (χ0) is 9.47. The van der Waals surface area contributed by atoms with E-state index in [9.17, 15) is 9.90 Å². The Morgan fingerprint density at radius 1 is 1.62 bits per heavy atom. The molecule has 1 aliphatic heterocycles. The van der Waals surface area contributed by atoms with Crippen LogP contribution in [0.3, 0.4) is 0 Å². The number of alkyl halides is 1. The Morgan fingerprint density at radius 3 is 2.69 bits per heavy atom. The lowest BCUT2D eigenvalue weighted by Gasteiger charge is -2.39. The zero-order valence-electron chi connectivity index (χ0n) is 7.50. The number of rotatable bonds is 2. The molecule has 1 aliphatic carbocycles. The van der Waals surface area contributed by atoms with Crippen LogP contribution >= 0.6 is 11.6 Å². The van der Waals surface area contributed by atoms with Gasteiger partial charge < -0.3 is 10.0 Å². The van der Waals surface area contributed by atoms with Crippen LogP contribution in [0.4, 0.5) is 0 Å². The molecule has 2 aliphatic rings. The minimum Gasteiger partial charge on any atom is -0.388 e. The van der Waals surface area contributed by atoms with Crippen molar-refractivity contribution in [2.24, 2.45) is 0 Å². The molecule has 1 unspecified atom stereocenters. The van der Waals surface area contributed by atoms with E-state index in [0.717, 1.165) is 19.3 Å². The summed E-state index contributed by atoms with van der Waals surface area (Å²) in [4.78, 5) is 13.0. The molecule has 1 saturated heterocycles. The van der Waals surface area contributed by atoms with E-state index in [4.69, 9.17) is 11.6 Å². The summed E-state index contributed by atoms with van der Waals surface area (Å²) in [6.45, 7) is 1.08. The molecule has 0 aromatic rings. The first-order chi connectivity index (χ1) is 6.09. The monoisotopic (exact) mass is 203 g/mol. The number of nitrogens with zero attached hydrogens (tertiary/aromatic N) is 1. The van der Waals surface area contributed by atoms with Gasteiger partial charge in [-0.1, -0.05) is 0 Å². The maximum absolute atomic E-state index is 11.3. The highest BCUT2D eigenvalue weighted by atomic mass is 35.5. The van der Waals surface area contributed by atoms with Gasteiger partial charge in [0, 0.05) is 19.5 Å². The van der Waals surface area contributed by atoms with Crippen molar-refractivity contribution in [2.45, 2.75) is 36.7 Å². The number of likely N-dealkylation sites (tertiary alicyclic amines) is 1. The zero-order valence-corrected chi connectivity index (χ0v) is 8.26. The van der Waals surface area contributed by atoms with Crippen molar-refractivity contribution in [1.82, 2.24) is 4.90 Å². The third kappa shape index (κ3) is 1.81. The van der Waals surface area contributed by atoms with Gasteiger partial charge in [0.1, 0.15) is 0 Å². The van der Waals surface area contributed by atoms with Crippen LogP contribution < -0.4 is 0 Å². The van der Waals surface area contributed by atoms with Gasteiger partial charge in [-0.3, -0.25) is 4.79 Å². The van der Waals surface area contributed by atoms with Crippen molar-refractivity contribution in [3.05, 3.63) is 0 Å². The van der Waals surface area contributed by atoms with E-state index in [-0.39, 0.29) is 11.3 Å². The van der Waals surface area contributed by atoms with Crippen molar-refractivity contribution in [3.63, 3.8) is 0 Å². The van der Waals surface area contributed by atoms with Crippen molar-refractivity contribution < 1.29 is 9.90 Å². The molecule has 0 spiro atoms. The van der Waals surface area contributed by atoms with Crippen LogP contribution in [0.25, 0.3) is 0 Å². The fraction of sp³-hybridized carbons (Fsp3) is 0.889. The standard InChI is InChI=1S/C9H14ClNO2/c10-7-4-8(12)11(5-7)6-9(13)2-1-3-9/h7,13H,1-6H2. The van der Waals surface area contributed by atoms with Crippen molar-refractivity contribution in [1.29, 1.82) is 0 Å². The lowest BCUT2D eigenvalue weighted by molar-refractivity contribution is -0.133. The normalized spacial score (nSPS) is 32.0. The largest absolute Gasteiger partial charge is 0.388 e. The number of hydrogen-bond donors (Lipinski definition) is 1. The van der Waals surface area contributed by atoms with E-state index in [1.807, 2.05) is 0 Å². The van der Waals surface area contributed by atoms with Crippen LogP contribution in [0.1, 0.15) is 25.7 Å². The van der Waals surface area contributed by atoms with E-state index >= 15 is 0 Å². The minimum atomic E-state index is -0.601. The molecule has 0 bridgehead atoms. The topological polar surface area (TPSA) is 40.5 Å².